The summed E-state index contributed by atoms with van der Waals surface area (Å²) in [5.74, 6) is 0.352. The second-order valence-corrected chi connectivity index (χ2v) is 4.90. The molecule has 0 aliphatic rings. The van der Waals surface area contributed by atoms with Crippen LogP contribution in [0.15, 0.2) is 10.5 Å². The Balaban J connectivity index is 3.39. The number of hydrogen-bond donors (Lipinski definition) is 1. The van der Waals surface area contributed by atoms with Crippen molar-refractivity contribution < 1.29 is 0 Å². The van der Waals surface area contributed by atoms with Crippen molar-refractivity contribution in [2.24, 2.45) is 5.73 Å². The highest BCUT2D eigenvalue weighted by Crippen LogP contribution is 2.33. The Hall–Kier alpha value is -0.0500. The second kappa shape index (κ2) is 4.65. The third-order valence-corrected chi connectivity index (χ3v) is 3.84. The van der Waals surface area contributed by atoms with E-state index in [1.807, 2.05) is 13.0 Å². The van der Waals surface area contributed by atoms with E-state index in [4.69, 9.17) is 17.3 Å². The highest BCUT2D eigenvalue weighted by Gasteiger charge is 2.14. The van der Waals surface area contributed by atoms with Gasteiger partial charge in [-0.25, -0.2) is 0 Å². The van der Waals surface area contributed by atoms with Gasteiger partial charge in [-0.05, 0) is 49.1 Å². The van der Waals surface area contributed by atoms with Gasteiger partial charge in [-0.2, -0.15) is 0 Å². The maximum absolute atomic E-state index is 6.12. The van der Waals surface area contributed by atoms with Gasteiger partial charge < -0.3 is 5.73 Å². The normalized spacial score (nSPS) is 13.0. The molecule has 0 bridgehead atoms. The number of rotatable bonds is 2. The summed E-state index contributed by atoms with van der Waals surface area (Å²) >= 11 is 9.62. The summed E-state index contributed by atoms with van der Waals surface area (Å²) in [4.78, 5) is 0. The minimum Gasteiger partial charge on any atom is -0.330 e. The molecule has 1 unspecified atom stereocenters. The summed E-state index contributed by atoms with van der Waals surface area (Å²) in [6.07, 6.45) is 0. The molecule has 1 aromatic carbocycles. The van der Waals surface area contributed by atoms with E-state index in [0.29, 0.717) is 12.5 Å². The lowest BCUT2D eigenvalue weighted by molar-refractivity contribution is 0.760. The van der Waals surface area contributed by atoms with Crippen molar-refractivity contribution in [2.45, 2.75) is 26.7 Å². The van der Waals surface area contributed by atoms with Crippen molar-refractivity contribution in [1.82, 2.24) is 0 Å². The van der Waals surface area contributed by atoms with Gasteiger partial charge >= 0.3 is 0 Å². The summed E-state index contributed by atoms with van der Waals surface area (Å²) in [6.45, 7) is 6.91. The van der Waals surface area contributed by atoms with Gasteiger partial charge in [0.15, 0.2) is 0 Å². The van der Waals surface area contributed by atoms with Gasteiger partial charge in [0.05, 0.1) is 0 Å². The molecule has 1 rings (SSSR count). The second-order valence-electron chi connectivity index (χ2n) is 3.64. The van der Waals surface area contributed by atoms with Crippen LogP contribution >= 0.6 is 27.5 Å². The SMILES string of the molecule is Cc1c(Cl)cc(Br)c(C)c1C(C)CN. The zero-order chi connectivity index (χ0) is 10.9. The molecule has 2 N–H and O–H groups in total. The predicted molar refractivity (Wildman–Crippen MR) is 66.1 cm³/mol. The highest BCUT2D eigenvalue weighted by molar-refractivity contribution is 9.10. The molecule has 0 aliphatic heterocycles. The first-order valence-corrected chi connectivity index (χ1v) is 5.81. The van der Waals surface area contributed by atoms with Gasteiger partial charge in [0.1, 0.15) is 0 Å². The van der Waals surface area contributed by atoms with Crippen molar-refractivity contribution >= 4 is 27.5 Å². The van der Waals surface area contributed by atoms with E-state index in [1.165, 1.54) is 11.1 Å². The molecule has 0 aromatic heterocycles. The van der Waals surface area contributed by atoms with Crippen molar-refractivity contribution in [3.8, 4) is 0 Å². The van der Waals surface area contributed by atoms with Crippen LogP contribution in [0.3, 0.4) is 0 Å². The highest BCUT2D eigenvalue weighted by atomic mass is 79.9. The van der Waals surface area contributed by atoms with Crippen LogP contribution in [0.4, 0.5) is 0 Å². The summed E-state index contributed by atoms with van der Waals surface area (Å²) in [7, 11) is 0. The minimum absolute atomic E-state index is 0.352. The number of halogens is 2. The molecule has 1 atom stereocenters. The molecule has 1 nitrogen and oxygen atoms in total. The number of hydrogen-bond acceptors (Lipinski definition) is 1. The first-order valence-electron chi connectivity index (χ1n) is 4.64. The molecule has 0 saturated heterocycles. The van der Waals surface area contributed by atoms with Crippen molar-refractivity contribution in [2.75, 3.05) is 6.54 Å². The average molecular weight is 277 g/mol. The van der Waals surface area contributed by atoms with E-state index in [1.54, 1.807) is 0 Å². The molecule has 0 aliphatic carbocycles. The maximum atomic E-state index is 6.12. The Morgan fingerprint density at radius 2 is 2.00 bits per heavy atom. The van der Waals surface area contributed by atoms with E-state index in [0.717, 1.165) is 15.1 Å². The lowest BCUT2D eigenvalue weighted by atomic mass is 9.92. The molecule has 1 aromatic rings. The van der Waals surface area contributed by atoms with Gasteiger partial charge in [-0.15, -0.1) is 0 Å². The molecule has 0 saturated carbocycles. The summed E-state index contributed by atoms with van der Waals surface area (Å²) in [5.41, 5.74) is 9.34. The minimum atomic E-state index is 0.352. The average Bonchev–Trinajstić information content (AvgIpc) is 2.15. The van der Waals surface area contributed by atoms with E-state index in [9.17, 15) is 0 Å². The van der Waals surface area contributed by atoms with Crippen LogP contribution in [0, 0.1) is 13.8 Å². The monoisotopic (exact) mass is 275 g/mol. The maximum Gasteiger partial charge on any atom is 0.0449 e. The fourth-order valence-electron chi connectivity index (χ4n) is 1.72. The molecular weight excluding hydrogens is 261 g/mol. The summed E-state index contributed by atoms with van der Waals surface area (Å²) in [6, 6.07) is 1.94. The van der Waals surface area contributed by atoms with Gasteiger partial charge in [0.2, 0.25) is 0 Å². The van der Waals surface area contributed by atoms with Crippen LogP contribution in [-0.4, -0.2) is 6.54 Å². The standard InChI is InChI=1S/C11H15BrClN/c1-6(5-14)11-7(2)9(12)4-10(13)8(11)3/h4,6H,5,14H2,1-3H3. The van der Waals surface area contributed by atoms with Crippen LogP contribution in [0.25, 0.3) is 0 Å². The van der Waals surface area contributed by atoms with Gasteiger partial charge in [-0.3, -0.25) is 0 Å². The van der Waals surface area contributed by atoms with Crippen LogP contribution in [0.1, 0.15) is 29.5 Å². The first kappa shape index (κ1) is 12.0. The van der Waals surface area contributed by atoms with Crippen molar-refractivity contribution in [1.29, 1.82) is 0 Å². The Labute approximate surface area is 98.8 Å². The smallest absolute Gasteiger partial charge is 0.0449 e. The van der Waals surface area contributed by atoms with Crippen LogP contribution in [0.2, 0.25) is 5.02 Å². The van der Waals surface area contributed by atoms with E-state index >= 15 is 0 Å². The Bertz CT molecular complexity index is 323. The Morgan fingerprint density at radius 1 is 1.43 bits per heavy atom. The summed E-state index contributed by atoms with van der Waals surface area (Å²) in [5, 5.41) is 0.803. The molecule has 0 spiro atoms. The Kier molecular flexibility index (Phi) is 3.99. The van der Waals surface area contributed by atoms with Crippen LogP contribution < -0.4 is 5.73 Å². The van der Waals surface area contributed by atoms with Crippen molar-refractivity contribution in [3.63, 3.8) is 0 Å². The number of benzene rings is 1. The van der Waals surface area contributed by atoms with Crippen molar-refractivity contribution in [3.05, 3.63) is 32.3 Å². The largest absolute Gasteiger partial charge is 0.330 e. The van der Waals surface area contributed by atoms with Gasteiger partial charge in [0, 0.05) is 9.50 Å². The lowest BCUT2D eigenvalue weighted by Crippen LogP contribution is -2.12. The fraction of sp³-hybridized carbons (Fsp3) is 0.455. The third-order valence-electron chi connectivity index (χ3n) is 2.62. The van der Waals surface area contributed by atoms with E-state index < -0.39 is 0 Å². The van der Waals surface area contributed by atoms with Gasteiger partial charge in [0.25, 0.3) is 0 Å². The molecule has 0 heterocycles. The third kappa shape index (κ3) is 2.13. The fourth-order valence-corrected chi connectivity index (χ4v) is 2.51. The van der Waals surface area contributed by atoms with E-state index in [-0.39, 0.29) is 0 Å². The molecule has 0 amide bonds. The van der Waals surface area contributed by atoms with E-state index in [2.05, 4.69) is 29.8 Å². The molecule has 0 fully saturated rings. The quantitative estimate of drug-likeness (QED) is 0.874. The zero-order valence-electron chi connectivity index (χ0n) is 8.70. The number of nitrogens with two attached hydrogens (primary N) is 1. The Morgan fingerprint density at radius 3 is 2.50 bits per heavy atom. The predicted octanol–water partition coefficient (Wildman–Crippen LogP) is 3.78. The first-order chi connectivity index (χ1) is 6.49. The van der Waals surface area contributed by atoms with Crippen LogP contribution in [0.5, 0.6) is 0 Å². The van der Waals surface area contributed by atoms with Crippen LogP contribution in [-0.2, 0) is 0 Å². The molecule has 78 valence electrons. The lowest BCUT2D eigenvalue weighted by Gasteiger charge is -2.18. The molecular formula is C11H15BrClN. The zero-order valence-corrected chi connectivity index (χ0v) is 11.0. The molecule has 3 heteroatoms. The summed E-state index contributed by atoms with van der Waals surface area (Å²) < 4.78 is 1.06. The molecule has 14 heavy (non-hydrogen) atoms. The van der Waals surface area contributed by atoms with Gasteiger partial charge in [-0.1, -0.05) is 34.5 Å². The molecule has 0 radical (unpaired) electrons. The topological polar surface area (TPSA) is 26.0 Å².